The highest BCUT2D eigenvalue weighted by Gasteiger charge is 2.23. The van der Waals surface area contributed by atoms with E-state index in [1.807, 2.05) is 6.92 Å². The van der Waals surface area contributed by atoms with Crippen LogP contribution in [0.4, 0.5) is 8.78 Å². The smallest absolute Gasteiger partial charge is 0.132 e. The topological polar surface area (TPSA) is 15.3 Å². The molecule has 1 aromatic carbocycles. The van der Waals surface area contributed by atoms with Gasteiger partial charge >= 0.3 is 0 Å². The Labute approximate surface area is 108 Å². The summed E-state index contributed by atoms with van der Waals surface area (Å²) in [6, 6.07) is 2.40. The molecule has 0 bridgehead atoms. The van der Waals surface area contributed by atoms with Gasteiger partial charge in [-0.2, -0.15) is 0 Å². The van der Waals surface area contributed by atoms with Gasteiger partial charge in [0.15, 0.2) is 0 Å². The molecule has 2 nitrogen and oxygen atoms in total. The van der Waals surface area contributed by atoms with Crippen molar-refractivity contribution in [2.24, 2.45) is 0 Å². The van der Waals surface area contributed by atoms with Crippen molar-refractivity contribution in [3.05, 3.63) is 33.8 Å². The molecule has 1 aliphatic rings. The summed E-state index contributed by atoms with van der Waals surface area (Å²) in [4.78, 5) is 2.09. The SMILES string of the molecule is C[C@H](c1c(F)cc(Br)cc1F)N1CCNCC1. The van der Waals surface area contributed by atoms with Crippen LogP contribution in [0.5, 0.6) is 0 Å². The van der Waals surface area contributed by atoms with Crippen molar-refractivity contribution in [2.45, 2.75) is 13.0 Å². The Kier molecular flexibility index (Phi) is 4.12. The molecule has 1 aromatic rings. The molecule has 17 heavy (non-hydrogen) atoms. The molecule has 1 saturated heterocycles. The van der Waals surface area contributed by atoms with E-state index in [2.05, 4.69) is 26.1 Å². The Balaban J connectivity index is 2.26. The maximum absolute atomic E-state index is 13.8. The number of hydrogen-bond donors (Lipinski definition) is 1. The van der Waals surface area contributed by atoms with Gasteiger partial charge in [-0.1, -0.05) is 15.9 Å². The summed E-state index contributed by atoms with van der Waals surface area (Å²) < 4.78 is 28.0. The van der Waals surface area contributed by atoms with Gasteiger partial charge in [-0.15, -0.1) is 0 Å². The number of nitrogens with zero attached hydrogens (tertiary/aromatic N) is 1. The summed E-state index contributed by atoms with van der Waals surface area (Å²) in [7, 11) is 0. The second-order valence-corrected chi connectivity index (χ2v) is 5.16. The molecule has 1 aliphatic heterocycles. The molecule has 0 aliphatic carbocycles. The Morgan fingerprint density at radius 2 is 1.76 bits per heavy atom. The van der Waals surface area contributed by atoms with Crippen LogP contribution in [0.3, 0.4) is 0 Å². The minimum Gasteiger partial charge on any atom is -0.314 e. The van der Waals surface area contributed by atoms with Crippen molar-refractivity contribution in [3.8, 4) is 0 Å². The van der Waals surface area contributed by atoms with Crippen LogP contribution in [0.15, 0.2) is 16.6 Å². The molecule has 5 heteroatoms. The van der Waals surface area contributed by atoms with Gasteiger partial charge in [-0.05, 0) is 19.1 Å². The Morgan fingerprint density at radius 1 is 1.24 bits per heavy atom. The number of halogens is 3. The first-order valence-corrected chi connectivity index (χ1v) is 6.48. The van der Waals surface area contributed by atoms with E-state index in [-0.39, 0.29) is 11.6 Å². The zero-order valence-electron chi connectivity index (χ0n) is 9.64. The minimum atomic E-state index is -0.483. The monoisotopic (exact) mass is 304 g/mol. The van der Waals surface area contributed by atoms with E-state index in [0.29, 0.717) is 4.47 Å². The maximum atomic E-state index is 13.8. The first-order chi connectivity index (χ1) is 8.09. The average molecular weight is 305 g/mol. The standard InChI is InChI=1S/C12H15BrF2N2/c1-8(17-4-2-16-3-5-17)12-10(14)6-9(13)7-11(12)15/h6-8,16H,2-5H2,1H3/t8-/m1/s1. The van der Waals surface area contributed by atoms with Crippen LogP contribution < -0.4 is 5.32 Å². The minimum absolute atomic E-state index is 0.162. The molecule has 94 valence electrons. The maximum Gasteiger partial charge on any atom is 0.132 e. The van der Waals surface area contributed by atoms with E-state index in [9.17, 15) is 8.78 Å². The highest BCUT2D eigenvalue weighted by molar-refractivity contribution is 9.10. The van der Waals surface area contributed by atoms with Gasteiger partial charge in [0.1, 0.15) is 11.6 Å². The van der Waals surface area contributed by atoms with E-state index in [4.69, 9.17) is 0 Å². The molecule has 0 amide bonds. The van der Waals surface area contributed by atoms with Crippen LogP contribution in [0.25, 0.3) is 0 Å². The summed E-state index contributed by atoms with van der Waals surface area (Å²) in [5.74, 6) is -0.967. The number of rotatable bonds is 2. The predicted molar refractivity (Wildman–Crippen MR) is 66.9 cm³/mol. The summed E-state index contributed by atoms with van der Waals surface area (Å²) in [5.41, 5.74) is 0.162. The molecule has 2 rings (SSSR count). The van der Waals surface area contributed by atoms with Gasteiger partial charge < -0.3 is 5.32 Å². The summed E-state index contributed by atoms with van der Waals surface area (Å²) in [6.07, 6.45) is 0. The molecule has 0 radical (unpaired) electrons. The fraction of sp³-hybridized carbons (Fsp3) is 0.500. The number of benzene rings is 1. The first-order valence-electron chi connectivity index (χ1n) is 5.69. The van der Waals surface area contributed by atoms with E-state index < -0.39 is 11.6 Å². The van der Waals surface area contributed by atoms with Crippen LogP contribution >= 0.6 is 15.9 Å². The highest BCUT2D eigenvalue weighted by atomic mass is 79.9. The zero-order chi connectivity index (χ0) is 12.4. The molecule has 1 N–H and O–H groups in total. The molecular formula is C12H15BrF2N2. The zero-order valence-corrected chi connectivity index (χ0v) is 11.2. The Bertz CT molecular complexity index is 382. The quantitative estimate of drug-likeness (QED) is 0.904. The lowest BCUT2D eigenvalue weighted by Crippen LogP contribution is -2.44. The van der Waals surface area contributed by atoms with Crippen LogP contribution in [-0.2, 0) is 0 Å². The number of nitrogens with one attached hydrogen (secondary N) is 1. The lowest BCUT2D eigenvalue weighted by atomic mass is 10.0. The summed E-state index contributed by atoms with van der Waals surface area (Å²) in [5, 5.41) is 3.22. The third-order valence-corrected chi connectivity index (χ3v) is 3.62. The van der Waals surface area contributed by atoms with Crippen LogP contribution in [-0.4, -0.2) is 31.1 Å². The lowest BCUT2D eigenvalue weighted by Gasteiger charge is -2.33. The largest absolute Gasteiger partial charge is 0.314 e. The second kappa shape index (κ2) is 5.42. The summed E-state index contributed by atoms with van der Waals surface area (Å²) in [6.45, 7) is 5.21. The van der Waals surface area contributed by atoms with Gasteiger partial charge in [0.2, 0.25) is 0 Å². The normalized spacial score (nSPS) is 19.3. The van der Waals surface area contributed by atoms with E-state index >= 15 is 0 Å². The fourth-order valence-electron chi connectivity index (χ4n) is 2.20. The molecule has 0 aromatic heterocycles. The van der Waals surface area contributed by atoms with Crippen molar-refractivity contribution < 1.29 is 8.78 Å². The van der Waals surface area contributed by atoms with Crippen LogP contribution in [0.2, 0.25) is 0 Å². The van der Waals surface area contributed by atoms with Crippen LogP contribution in [0.1, 0.15) is 18.5 Å². The van der Waals surface area contributed by atoms with Gasteiger partial charge in [0.05, 0.1) is 0 Å². The Hall–Kier alpha value is -0.520. The molecule has 1 heterocycles. The second-order valence-electron chi connectivity index (χ2n) is 4.25. The summed E-state index contributed by atoms with van der Waals surface area (Å²) >= 11 is 3.09. The van der Waals surface area contributed by atoms with Crippen molar-refractivity contribution >= 4 is 15.9 Å². The third kappa shape index (κ3) is 2.84. The van der Waals surface area contributed by atoms with Gasteiger partial charge in [0.25, 0.3) is 0 Å². The average Bonchev–Trinajstić information content (AvgIpc) is 2.28. The van der Waals surface area contributed by atoms with Gasteiger partial charge in [0, 0.05) is 42.3 Å². The third-order valence-electron chi connectivity index (χ3n) is 3.16. The van der Waals surface area contributed by atoms with E-state index in [1.54, 1.807) is 0 Å². The molecule has 1 fully saturated rings. The van der Waals surface area contributed by atoms with Crippen molar-refractivity contribution in [1.29, 1.82) is 0 Å². The van der Waals surface area contributed by atoms with Crippen molar-refractivity contribution in [1.82, 2.24) is 10.2 Å². The highest BCUT2D eigenvalue weighted by Crippen LogP contribution is 2.28. The molecule has 0 spiro atoms. The number of piperazine rings is 1. The lowest BCUT2D eigenvalue weighted by molar-refractivity contribution is 0.179. The van der Waals surface area contributed by atoms with Crippen LogP contribution in [0, 0.1) is 11.6 Å². The fourth-order valence-corrected chi connectivity index (χ4v) is 2.61. The molecule has 0 saturated carbocycles. The van der Waals surface area contributed by atoms with Gasteiger partial charge in [-0.25, -0.2) is 8.78 Å². The molecule has 0 unspecified atom stereocenters. The van der Waals surface area contributed by atoms with Gasteiger partial charge in [-0.3, -0.25) is 4.90 Å². The number of hydrogen-bond acceptors (Lipinski definition) is 2. The first kappa shape index (κ1) is 12.9. The van der Waals surface area contributed by atoms with Crippen molar-refractivity contribution in [3.63, 3.8) is 0 Å². The van der Waals surface area contributed by atoms with Crippen molar-refractivity contribution in [2.75, 3.05) is 26.2 Å². The Morgan fingerprint density at radius 3 is 2.29 bits per heavy atom. The molecule has 1 atom stereocenters. The van der Waals surface area contributed by atoms with E-state index in [0.717, 1.165) is 26.2 Å². The van der Waals surface area contributed by atoms with E-state index in [1.165, 1.54) is 12.1 Å². The predicted octanol–water partition coefficient (Wildman–Crippen LogP) is 2.69. The molecular weight excluding hydrogens is 290 g/mol.